The molecule has 0 aromatic heterocycles. The van der Waals surface area contributed by atoms with Crippen molar-refractivity contribution >= 4 is 5.91 Å². The van der Waals surface area contributed by atoms with E-state index in [4.69, 9.17) is 0 Å². The summed E-state index contributed by atoms with van der Waals surface area (Å²) in [5, 5.41) is 12.6. The Morgan fingerprint density at radius 2 is 1.95 bits per heavy atom. The van der Waals surface area contributed by atoms with Crippen molar-refractivity contribution in [3.05, 3.63) is 35.6 Å². The van der Waals surface area contributed by atoms with Gasteiger partial charge in [-0.15, -0.1) is 0 Å². The Morgan fingerprint density at radius 1 is 1.36 bits per heavy atom. The highest BCUT2D eigenvalue weighted by Crippen LogP contribution is 2.44. The molecule has 1 aromatic carbocycles. The molecule has 22 heavy (non-hydrogen) atoms. The maximum atomic E-state index is 13.1. The van der Waals surface area contributed by atoms with Gasteiger partial charge in [-0.3, -0.25) is 4.79 Å². The molecule has 1 fully saturated rings. The van der Waals surface area contributed by atoms with Crippen LogP contribution in [-0.2, 0) is 10.2 Å². The van der Waals surface area contributed by atoms with Crippen LogP contribution in [-0.4, -0.2) is 23.7 Å². The van der Waals surface area contributed by atoms with Gasteiger partial charge in [-0.05, 0) is 49.3 Å². The minimum atomic E-state index is -0.505. The minimum Gasteiger partial charge on any atom is -0.393 e. The quantitative estimate of drug-likeness (QED) is 0.848. The van der Waals surface area contributed by atoms with Gasteiger partial charge in [-0.2, -0.15) is 0 Å². The van der Waals surface area contributed by atoms with Crippen molar-refractivity contribution in [2.24, 2.45) is 5.41 Å². The van der Waals surface area contributed by atoms with E-state index >= 15 is 0 Å². The molecule has 0 radical (unpaired) electrons. The van der Waals surface area contributed by atoms with Gasteiger partial charge in [0.2, 0.25) is 5.91 Å². The van der Waals surface area contributed by atoms with Crippen molar-refractivity contribution in [2.45, 2.75) is 58.0 Å². The fourth-order valence-corrected chi connectivity index (χ4v) is 3.31. The van der Waals surface area contributed by atoms with Gasteiger partial charge < -0.3 is 10.4 Å². The lowest BCUT2D eigenvalue weighted by Crippen LogP contribution is -2.51. The lowest BCUT2D eigenvalue weighted by Gasteiger charge is -2.41. The first-order valence-electron chi connectivity index (χ1n) is 7.98. The average molecular weight is 307 g/mol. The zero-order valence-electron chi connectivity index (χ0n) is 13.7. The summed E-state index contributed by atoms with van der Waals surface area (Å²) in [6.07, 6.45) is 2.88. The second-order valence-electron chi connectivity index (χ2n) is 7.34. The highest BCUT2D eigenvalue weighted by atomic mass is 19.1. The largest absolute Gasteiger partial charge is 0.393 e. The summed E-state index contributed by atoms with van der Waals surface area (Å²) in [5.41, 5.74) is 0.234. The van der Waals surface area contributed by atoms with E-state index in [1.165, 1.54) is 12.1 Å². The van der Waals surface area contributed by atoms with Gasteiger partial charge >= 0.3 is 0 Å². The Kier molecular flexibility index (Phi) is 4.90. The molecule has 1 aliphatic rings. The first-order chi connectivity index (χ1) is 10.3. The van der Waals surface area contributed by atoms with Crippen LogP contribution < -0.4 is 5.32 Å². The van der Waals surface area contributed by atoms with Crippen LogP contribution in [0.3, 0.4) is 0 Å². The number of amides is 1. The maximum Gasteiger partial charge on any atom is 0.230 e. The van der Waals surface area contributed by atoms with Gasteiger partial charge in [0.25, 0.3) is 0 Å². The van der Waals surface area contributed by atoms with Crippen LogP contribution in [0.15, 0.2) is 24.3 Å². The van der Waals surface area contributed by atoms with Crippen molar-refractivity contribution in [3.8, 4) is 0 Å². The van der Waals surface area contributed by atoms with E-state index in [1.807, 2.05) is 13.8 Å². The number of carbonyl (C=O) groups is 1. The molecule has 1 aliphatic carbocycles. The topological polar surface area (TPSA) is 49.3 Å². The standard InChI is InChI=1S/C18H26FNO2/c1-13(21)11-17(2,3)12-20-16(22)18(9-4-10-18)14-5-7-15(19)8-6-14/h5-8,13,21H,4,9-12H2,1-3H3,(H,20,22). The Bertz CT molecular complexity index is 518. The third-order valence-electron chi connectivity index (χ3n) is 4.61. The summed E-state index contributed by atoms with van der Waals surface area (Å²) in [7, 11) is 0. The Hall–Kier alpha value is -1.42. The van der Waals surface area contributed by atoms with Crippen LogP contribution in [0, 0.1) is 11.2 Å². The molecule has 1 aromatic rings. The highest BCUT2D eigenvalue weighted by Gasteiger charge is 2.45. The minimum absolute atomic E-state index is 0.0176. The molecule has 122 valence electrons. The summed E-state index contributed by atoms with van der Waals surface area (Å²) in [5.74, 6) is -0.263. The monoisotopic (exact) mass is 307 g/mol. The number of halogens is 1. The predicted octanol–water partition coefficient (Wildman–Crippen LogP) is 3.16. The van der Waals surface area contributed by atoms with Crippen LogP contribution in [0.5, 0.6) is 0 Å². The van der Waals surface area contributed by atoms with Crippen molar-refractivity contribution < 1.29 is 14.3 Å². The van der Waals surface area contributed by atoms with Gasteiger partial charge in [0, 0.05) is 6.54 Å². The molecule has 1 amide bonds. The molecular weight excluding hydrogens is 281 g/mol. The highest BCUT2D eigenvalue weighted by molar-refractivity contribution is 5.89. The zero-order valence-corrected chi connectivity index (χ0v) is 13.7. The third-order valence-corrected chi connectivity index (χ3v) is 4.61. The molecule has 1 saturated carbocycles. The molecular formula is C18H26FNO2. The molecule has 2 rings (SSSR count). The average Bonchev–Trinajstić information content (AvgIpc) is 2.36. The van der Waals surface area contributed by atoms with Gasteiger partial charge in [-0.1, -0.05) is 32.4 Å². The van der Waals surface area contributed by atoms with E-state index in [2.05, 4.69) is 5.32 Å². The number of hydrogen-bond acceptors (Lipinski definition) is 2. The molecule has 0 heterocycles. The Morgan fingerprint density at radius 3 is 2.41 bits per heavy atom. The SMILES string of the molecule is CC(O)CC(C)(C)CNC(=O)C1(c2ccc(F)cc2)CCC1. The molecule has 2 N–H and O–H groups in total. The number of rotatable bonds is 6. The van der Waals surface area contributed by atoms with Gasteiger partial charge in [-0.25, -0.2) is 4.39 Å². The van der Waals surface area contributed by atoms with Crippen molar-refractivity contribution in [3.63, 3.8) is 0 Å². The molecule has 0 saturated heterocycles. The normalized spacial score (nSPS) is 18.4. The molecule has 3 nitrogen and oxygen atoms in total. The van der Waals surface area contributed by atoms with Gasteiger partial charge in [0.05, 0.1) is 11.5 Å². The summed E-state index contributed by atoms with van der Waals surface area (Å²) < 4.78 is 13.1. The fraction of sp³-hybridized carbons (Fsp3) is 0.611. The first-order valence-corrected chi connectivity index (χ1v) is 7.98. The number of benzene rings is 1. The van der Waals surface area contributed by atoms with Gasteiger partial charge in [0.15, 0.2) is 0 Å². The number of carbonyl (C=O) groups excluding carboxylic acids is 1. The molecule has 1 atom stereocenters. The molecule has 0 bridgehead atoms. The van der Waals surface area contributed by atoms with E-state index in [1.54, 1.807) is 19.1 Å². The van der Waals surface area contributed by atoms with Crippen LogP contribution in [0.25, 0.3) is 0 Å². The fourth-order valence-electron chi connectivity index (χ4n) is 3.31. The molecule has 1 unspecified atom stereocenters. The van der Waals surface area contributed by atoms with Crippen LogP contribution in [0.2, 0.25) is 0 Å². The van der Waals surface area contributed by atoms with Crippen LogP contribution in [0.4, 0.5) is 4.39 Å². The second kappa shape index (κ2) is 6.37. The van der Waals surface area contributed by atoms with E-state index < -0.39 is 5.41 Å². The molecule has 0 spiro atoms. The number of nitrogens with one attached hydrogen (secondary N) is 1. The Balaban J connectivity index is 2.05. The van der Waals surface area contributed by atoms with Crippen LogP contribution in [0.1, 0.15) is 52.0 Å². The van der Waals surface area contributed by atoms with Crippen molar-refractivity contribution in [1.29, 1.82) is 0 Å². The van der Waals surface area contributed by atoms with E-state index in [0.717, 1.165) is 24.8 Å². The summed E-state index contributed by atoms with van der Waals surface area (Å²) in [6.45, 7) is 6.35. The third kappa shape index (κ3) is 3.67. The number of aliphatic hydroxyl groups is 1. The van der Waals surface area contributed by atoms with E-state index in [-0.39, 0.29) is 23.2 Å². The van der Waals surface area contributed by atoms with E-state index in [9.17, 15) is 14.3 Å². The van der Waals surface area contributed by atoms with Crippen molar-refractivity contribution in [2.75, 3.05) is 6.54 Å². The number of hydrogen-bond donors (Lipinski definition) is 2. The van der Waals surface area contributed by atoms with Gasteiger partial charge in [0.1, 0.15) is 5.82 Å². The Labute approximate surface area is 131 Å². The van der Waals surface area contributed by atoms with Crippen LogP contribution >= 0.6 is 0 Å². The van der Waals surface area contributed by atoms with E-state index in [0.29, 0.717) is 13.0 Å². The zero-order chi connectivity index (χ0) is 16.4. The predicted molar refractivity (Wildman–Crippen MR) is 85.0 cm³/mol. The lowest BCUT2D eigenvalue weighted by molar-refractivity contribution is -0.130. The van der Waals surface area contributed by atoms with Crippen molar-refractivity contribution in [1.82, 2.24) is 5.32 Å². The summed E-state index contributed by atoms with van der Waals surface area (Å²) in [6, 6.07) is 6.27. The maximum absolute atomic E-state index is 13.1. The second-order valence-corrected chi connectivity index (χ2v) is 7.34. The molecule has 4 heteroatoms. The first kappa shape index (κ1) is 16.9. The number of aliphatic hydroxyl groups excluding tert-OH is 1. The summed E-state index contributed by atoms with van der Waals surface area (Å²) >= 11 is 0. The summed E-state index contributed by atoms with van der Waals surface area (Å²) in [4.78, 5) is 12.7. The molecule has 0 aliphatic heterocycles. The lowest BCUT2D eigenvalue weighted by atomic mass is 9.63. The smallest absolute Gasteiger partial charge is 0.230 e.